The van der Waals surface area contributed by atoms with Gasteiger partial charge in [-0.3, -0.25) is 4.79 Å². The number of rotatable bonds is 3. The van der Waals surface area contributed by atoms with E-state index in [-0.39, 0.29) is 29.6 Å². The molecule has 1 saturated carbocycles. The Kier molecular flexibility index (Phi) is 4.89. The van der Waals surface area contributed by atoms with Crippen molar-refractivity contribution >= 4 is 24.0 Å². The molecule has 2 heterocycles. The second-order valence-corrected chi connectivity index (χ2v) is 7.15. The highest BCUT2D eigenvalue weighted by molar-refractivity contribution is 5.96. The van der Waals surface area contributed by atoms with Crippen LogP contribution in [0.3, 0.4) is 0 Å². The number of piperidine rings is 1. The van der Waals surface area contributed by atoms with Crippen molar-refractivity contribution in [1.82, 2.24) is 15.1 Å². The quantitative estimate of drug-likeness (QED) is 0.883. The summed E-state index contributed by atoms with van der Waals surface area (Å²) in [6.45, 7) is 6.03. The molecule has 1 unspecified atom stereocenters. The van der Waals surface area contributed by atoms with Crippen LogP contribution < -0.4 is 10.6 Å². The van der Waals surface area contributed by atoms with Crippen molar-refractivity contribution in [2.24, 2.45) is 11.3 Å². The van der Waals surface area contributed by atoms with Crippen molar-refractivity contribution in [3.63, 3.8) is 0 Å². The van der Waals surface area contributed by atoms with Gasteiger partial charge in [-0.25, -0.2) is 4.68 Å². The van der Waals surface area contributed by atoms with E-state index in [1.807, 2.05) is 48.9 Å². The summed E-state index contributed by atoms with van der Waals surface area (Å²) in [6, 6.07) is 10.0. The first kappa shape index (κ1) is 18.0. The van der Waals surface area contributed by atoms with Gasteiger partial charge in [0.2, 0.25) is 5.91 Å². The molecule has 25 heavy (non-hydrogen) atoms. The molecular formula is C19H25ClN4O. The number of hydrogen-bond donors (Lipinski definition) is 2. The molecular weight excluding hydrogens is 336 g/mol. The number of nitrogens with one attached hydrogen (secondary N) is 2. The zero-order chi connectivity index (χ0) is 16.7. The second kappa shape index (κ2) is 6.81. The van der Waals surface area contributed by atoms with Gasteiger partial charge in [-0.1, -0.05) is 18.2 Å². The number of benzene rings is 1. The molecule has 1 aromatic heterocycles. The van der Waals surface area contributed by atoms with Crippen LogP contribution >= 0.6 is 12.4 Å². The first-order chi connectivity index (χ1) is 11.6. The molecule has 1 amide bonds. The number of anilines is 1. The van der Waals surface area contributed by atoms with Gasteiger partial charge in [0, 0.05) is 5.92 Å². The summed E-state index contributed by atoms with van der Waals surface area (Å²) >= 11 is 0. The van der Waals surface area contributed by atoms with E-state index < -0.39 is 0 Å². The molecule has 2 aromatic rings. The van der Waals surface area contributed by atoms with Crippen molar-refractivity contribution in [2.45, 2.75) is 33.1 Å². The zero-order valence-corrected chi connectivity index (χ0v) is 15.5. The topological polar surface area (TPSA) is 59.0 Å². The Morgan fingerprint density at radius 3 is 2.60 bits per heavy atom. The van der Waals surface area contributed by atoms with Crippen LogP contribution in [0.4, 0.5) is 5.69 Å². The summed E-state index contributed by atoms with van der Waals surface area (Å²) in [5.74, 6) is 0.328. The number of aromatic nitrogens is 2. The van der Waals surface area contributed by atoms with Crippen LogP contribution in [0.15, 0.2) is 30.3 Å². The monoisotopic (exact) mass is 360 g/mol. The van der Waals surface area contributed by atoms with Gasteiger partial charge in [0.25, 0.3) is 0 Å². The maximum atomic E-state index is 12.7. The van der Waals surface area contributed by atoms with Gasteiger partial charge in [-0.15, -0.1) is 12.4 Å². The predicted molar refractivity (Wildman–Crippen MR) is 102 cm³/mol. The Hall–Kier alpha value is -1.85. The lowest BCUT2D eigenvalue weighted by atomic mass is 9.92. The number of carbonyl (C=O) groups excluding carboxylic acids is 1. The van der Waals surface area contributed by atoms with Crippen LogP contribution in [0.25, 0.3) is 5.69 Å². The second-order valence-electron chi connectivity index (χ2n) is 7.15. The Bertz CT molecular complexity index is 765. The lowest BCUT2D eigenvalue weighted by molar-refractivity contribution is -0.118. The van der Waals surface area contributed by atoms with Crippen LogP contribution in [-0.4, -0.2) is 28.8 Å². The third-order valence-corrected chi connectivity index (χ3v) is 5.65. The number of amides is 1. The van der Waals surface area contributed by atoms with E-state index >= 15 is 0 Å². The zero-order valence-electron chi connectivity index (χ0n) is 14.7. The fraction of sp³-hybridized carbons (Fsp3) is 0.474. The molecule has 2 N–H and O–H groups in total. The summed E-state index contributed by atoms with van der Waals surface area (Å²) < 4.78 is 1.90. The fourth-order valence-electron chi connectivity index (χ4n) is 4.05. The van der Waals surface area contributed by atoms with Crippen LogP contribution in [0.1, 0.15) is 30.7 Å². The summed E-state index contributed by atoms with van der Waals surface area (Å²) in [5.41, 5.74) is 3.98. The number of halogens is 1. The summed E-state index contributed by atoms with van der Waals surface area (Å²) in [7, 11) is 0. The molecule has 1 atom stereocenters. The van der Waals surface area contributed by atoms with Crippen LogP contribution in [0.5, 0.6) is 0 Å². The average Bonchev–Trinajstić information content (AvgIpc) is 3.23. The van der Waals surface area contributed by atoms with Crippen molar-refractivity contribution < 1.29 is 4.79 Å². The summed E-state index contributed by atoms with van der Waals surface area (Å²) in [4.78, 5) is 12.7. The number of nitrogens with zero attached hydrogens (tertiary/aromatic N) is 2. The van der Waals surface area contributed by atoms with Crippen molar-refractivity contribution in [2.75, 3.05) is 18.4 Å². The highest BCUT2D eigenvalue weighted by Crippen LogP contribution is 2.58. The molecule has 1 aliphatic carbocycles. The lowest BCUT2D eigenvalue weighted by Gasteiger charge is -2.23. The highest BCUT2D eigenvalue weighted by Gasteiger charge is 2.57. The Morgan fingerprint density at radius 1 is 1.24 bits per heavy atom. The molecule has 0 bridgehead atoms. The molecule has 6 heteroatoms. The SMILES string of the molecule is Cc1nn(-c2ccccc2)c(C)c1NC(=O)C1CC12CCNCC2.Cl. The largest absolute Gasteiger partial charge is 0.323 e. The number of hydrogen-bond acceptors (Lipinski definition) is 3. The fourth-order valence-corrected chi connectivity index (χ4v) is 4.05. The molecule has 2 aliphatic rings. The molecule has 1 spiro atoms. The van der Waals surface area contributed by atoms with Gasteiger partial charge in [0.1, 0.15) is 0 Å². The molecule has 1 aromatic carbocycles. The van der Waals surface area contributed by atoms with E-state index in [1.165, 1.54) is 0 Å². The van der Waals surface area contributed by atoms with Crippen LogP contribution in [-0.2, 0) is 4.79 Å². The van der Waals surface area contributed by atoms with E-state index in [0.717, 1.165) is 55.1 Å². The Labute approximate surface area is 154 Å². The third-order valence-electron chi connectivity index (χ3n) is 5.65. The van der Waals surface area contributed by atoms with Gasteiger partial charge in [0.15, 0.2) is 0 Å². The molecule has 5 nitrogen and oxygen atoms in total. The lowest BCUT2D eigenvalue weighted by Crippen LogP contribution is -2.31. The maximum Gasteiger partial charge on any atom is 0.228 e. The van der Waals surface area contributed by atoms with Gasteiger partial charge >= 0.3 is 0 Å². The van der Waals surface area contributed by atoms with Gasteiger partial charge in [-0.05, 0) is 63.7 Å². The van der Waals surface area contributed by atoms with Crippen LogP contribution in [0.2, 0.25) is 0 Å². The van der Waals surface area contributed by atoms with E-state index in [2.05, 4.69) is 15.7 Å². The van der Waals surface area contributed by atoms with Crippen molar-refractivity contribution in [3.05, 3.63) is 41.7 Å². The van der Waals surface area contributed by atoms with E-state index in [0.29, 0.717) is 0 Å². The Balaban J connectivity index is 0.00000182. The van der Waals surface area contributed by atoms with Gasteiger partial charge < -0.3 is 10.6 Å². The van der Waals surface area contributed by atoms with Crippen molar-refractivity contribution in [1.29, 1.82) is 0 Å². The molecule has 1 aliphatic heterocycles. The van der Waals surface area contributed by atoms with E-state index in [9.17, 15) is 4.79 Å². The van der Waals surface area contributed by atoms with Gasteiger partial charge in [-0.2, -0.15) is 5.10 Å². The normalized spacial score (nSPS) is 20.8. The van der Waals surface area contributed by atoms with E-state index in [1.54, 1.807) is 0 Å². The van der Waals surface area contributed by atoms with Crippen molar-refractivity contribution in [3.8, 4) is 5.69 Å². The molecule has 1 saturated heterocycles. The first-order valence-corrected chi connectivity index (χ1v) is 8.74. The van der Waals surface area contributed by atoms with Crippen LogP contribution in [0, 0.1) is 25.2 Å². The maximum absolute atomic E-state index is 12.7. The average molecular weight is 361 g/mol. The highest BCUT2D eigenvalue weighted by atomic mass is 35.5. The van der Waals surface area contributed by atoms with E-state index in [4.69, 9.17) is 0 Å². The smallest absolute Gasteiger partial charge is 0.228 e. The predicted octanol–water partition coefficient (Wildman–Crippen LogP) is 3.24. The number of aryl methyl sites for hydroxylation is 1. The number of carbonyl (C=O) groups is 1. The minimum Gasteiger partial charge on any atom is -0.323 e. The third kappa shape index (κ3) is 3.18. The minimum atomic E-state index is 0. The molecule has 0 radical (unpaired) electrons. The standard InChI is InChI=1S/C19H24N4O.ClH/c1-13-17(14(2)23(22-13)15-6-4-3-5-7-15)21-18(24)16-12-19(16)8-10-20-11-9-19;/h3-7,16,20H,8-12H2,1-2H3,(H,21,24);1H. The molecule has 134 valence electrons. The molecule has 2 fully saturated rings. The Morgan fingerprint density at radius 2 is 1.92 bits per heavy atom. The number of para-hydroxylation sites is 1. The minimum absolute atomic E-state index is 0. The first-order valence-electron chi connectivity index (χ1n) is 8.74. The molecule has 4 rings (SSSR count). The van der Waals surface area contributed by atoms with Gasteiger partial charge in [0.05, 0.1) is 22.8 Å². The summed E-state index contributed by atoms with van der Waals surface area (Å²) in [6.07, 6.45) is 3.27. The summed E-state index contributed by atoms with van der Waals surface area (Å²) in [5, 5.41) is 11.2.